The van der Waals surface area contributed by atoms with E-state index >= 15 is 0 Å². The van der Waals surface area contributed by atoms with Crippen molar-refractivity contribution < 1.29 is 0 Å². The Hall–Kier alpha value is -0.690. The number of azide groups is 1. The molecule has 0 rings (SSSR count). The maximum absolute atomic E-state index is 7.76. The lowest BCUT2D eigenvalue weighted by molar-refractivity contribution is 0.953. The van der Waals surface area contributed by atoms with Gasteiger partial charge in [0.25, 0.3) is 0 Å². The maximum Gasteiger partial charge on any atom is 0.0314 e. The number of hydrogen-bond acceptors (Lipinski definition) is 1. The van der Waals surface area contributed by atoms with Crippen LogP contribution in [0.25, 0.3) is 10.4 Å². The average Bonchev–Trinajstić information content (AvgIpc) is 1.61. The van der Waals surface area contributed by atoms with Crippen LogP contribution in [0.5, 0.6) is 0 Å². The van der Waals surface area contributed by atoms with Crippen molar-refractivity contribution in [1.82, 2.24) is 0 Å². The molecule has 39 valence electrons. The van der Waals surface area contributed by atoms with Crippen LogP contribution in [0.15, 0.2) is 5.11 Å². The van der Waals surface area contributed by atoms with Gasteiger partial charge in [-0.05, 0) is 11.4 Å². The molecule has 0 unspecified atom stereocenters. The highest BCUT2D eigenvalue weighted by Crippen LogP contribution is 1.93. The van der Waals surface area contributed by atoms with E-state index in [9.17, 15) is 0 Å². The van der Waals surface area contributed by atoms with E-state index in [1.165, 1.54) is 0 Å². The zero-order valence-corrected chi connectivity index (χ0v) is 4.55. The molecule has 0 amide bonds. The summed E-state index contributed by atoms with van der Waals surface area (Å²) in [5.41, 5.74) is 7.76. The lowest BCUT2D eigenvalue weighted by Crippen LogP contribution is -1.85. The number of hydrogen-bond donors (Lipinski definition) is 0. The van der Waals surface area contributed by atoms with Crippen LogP contribution in [0.3, 0.4) is 0 Å². The Balaban J connectivity index is 3.13. The van der Waals surface area contributed by atoms with Crippen LogP contribution >= 0.6 is 0 Å². The van der Waals surface area contributed by atoms with Gasteiger partial charge in [0.15, 0.2) is 0 Å². The number of rotatable bonds is 2. The molecule has 0 aromatic rings. The van der Waals surface area contributed by atoms with Gasteiger partial charge in [0.05, 0.1) is 0 Å². The second-order valence-electron chi connectivity index (χ2n) is 1.60. The third-order valence-corrected chi connectivity index (χ3v) is 0.450. The quantitative estimate of drug-likeness (QED) is 0.288. The molecule has 0 heterocycles. The Bertz CT molecular complexity index is 80.9. The lowest BCUT2D eigenvalue weighted by Gasteiger charge is -1.90. The monoisotopic (exact) mass is 98.1 g/mol. The van der Waals surface area contributed by atoms with Crippen molar-refractivity contribution in [2.45, 2.75) is 13.8 Å². The molecule has 0 bridgehead atoms. The van der Waals surface area contributed by atoms with E-state index in [4.69, 9.17) is 5.53 Å². The van der Waals surface area contributed by atoms with Crippen LogP contribution < -0.4 is 0 Å². The molecular formula is C4H8N3. The van der Waals surface area contributed by atoms with Crippen molar-refractivity contribution in [3.05, 3.63) is 16.4 Å². The Morgan fingerprint density at radius 2 is 2.29 bits per heavy atom. The first-order valence-corrected chi connectivity index (χ1v) is 2.07. The summed E-state index contributed by atoms with van der Waals surface area (Å²) < 4.78 is 0. The Kier molecular flexibility index (Phi) is 3.15. The molecule has 1 radical (unpaired) electrons. The minimum Gasteiger partial charge on any atom is -0.0934 e. The molecule has 0 saturated carbocycles. The van der Waals surface area contributed by atoms with Gasteiger partial charge in [-0.1, -0.05) is 19.0 Å². The maximum atomic E-state index is 7.76. The fraction of sp³-hybridized carbons (Fsp3) is 0.750. The molecule has 0 aromatic carbocycles. The van der Waals surface area contributed by atoms with Gasteiger partial charge in [0, 0.05) is 11.5 Å². The third-order valence-electron chi connectivity index (χ3n) is 0.450. The van der Waals surface area contributed by atoms with E-state index in [1.54, 1.807) is 0 Å². The fourth-order valence-corrected chi connectivity index (χ4v) is 0.173. The zero-order valence-electron chi connectivity index (χ0n) is 4.55. The first-order valence-electron chi connectivity index (χ1n) is 2.07. The van der Waals surface area contributed by atoms with Gasteiger partial charge in [-0.25, -0.2) is 0 Å². The van der Waals surface area contributed by atoms with E-state index in [2.05, 4.69) is 10.0 Å². The molecule has 0 spiro atoms. The second kappa shape index (κ2) is 3.50. The highest BCUT2D eigenvalue weighted by Gasteiger charge is 1.85. The Morgan fingerprint density at radius 1 is 1.71 bits per heavy atom. The first-order chi connectivity index (χ1) is 3.27. The van der Waals surface area contributed by atoms with Crippen molar-refractivity contribution in [2.75, 3.05) is 6.54 Å². The van der Waals surface area contributed by atoms with Gasteiger partial charge in [-0.15, -0.1) is 0 Å². The molecule has 0 aliphatic carbocycles. The summed E-state index contributed by atoms with van der Waals surface area (Å²) in [7, 11) is 0. The molecule has 3 nitrogen and oxygen atoms in total. The molecule has 0 N–H and O–H groups in total. The first kappa shape index (κ1) is 6.31. The van der Waals surface area contributed by atoms with E-state index in [0.29, 0.717) is 6.54 Å². The molecular weight excluding hydrogens is 90.1 g/mol. The summed E-state index contributed by atoms with van der Waals surface area (Å²) in [4.78, 5) is 2.58. The molecule has 0 aliphatic heterocycles. The molecule has 7 heavy (non-hydrogen) atoms. The highest BCUT2D eigenvalue weighted by atomic mass is 15.1. The molecule has 0 fully saturated rings. The standard InChI is InChI=1S/C4H8N3/c1-4(2)3-6-7-5/h3H2,1-2H3. The van der Waals surface area contributed by atoms with Gasteiger partial charge < -0.3 is 0 Å². The second-order valence-corrected chi connectivity index (χ2v) is 1.60. The van der Waals surface area contributed by atoms with Gasteiger partial charge in [-0.3, -0.25) is 0 Å². The van der Waals surface area contributed by atoms with Crippen molar-refractivity contribution >= 4 is 0 Å². The fourth-order valence-electron chi connectivity index (χ4n) is 0.173. The number of nitrogens with zero attached hydrogens (tertiary/aromatic N) is 3. The SMILES string of the molecule is C[C](C)CN=[N+]=[N-]. The Morgan fingerprint density at radius 3 is 2.43 bits per heavy atom. The molecule has 0 aliphatic rings. The summed E-state index contributed by atoms with van der Waals surface area (Å²) in [6.07, 6.45) is 0. The summed E-state index contributed by atoms with van der Waals surface area (Å²) in [5, 5.41) is 3.31. The summed E-state index contributed by atoms with van der Waals surface area (Å²) in [6, 6.07) is 0. The summed E-state index contributed by atoms with van der Waals surface area (Å²) in [6.45, 7) is 4.37. The minimum atomic E-state index is 0.524. The van der Waals surface area contributed by atoms with Crippen LogP contribution in [-0.2, 0) is 0 Å². The van der Waals surface area contributed by atoms with Crippen LogP contribution in [0.1, 0.15) is 13.8 Å². The third kappa shape index (κ3) is 5.31. The van der Waals surface area contributed by atoms with E-state index in [0.717, 1.165) is 5.92 Å². The van der Waals surface area contributed by atoms with E-state index in [-0.39, 0.29) is 0 Å². The topological polar surface area (TPSA) is 48.8 Å². The zero-order chi connectivity index (χ0) is 5.70. The molecule has 3 heteroatoms. The average molecular weight is 98.1 g/mol. The van der Waals surface area contributed by atoms with E-state index in [1.807, 2.05) is 13.8 Å². The van der Waals surface area contributed by atoms with Gasteiger partial charge in [-0.2, -0.15) is 0 Å². The van der Waals surface area contributed by atoms with Gasteiger partial charge in [0.2, 0.25) is 0 Å². The van der Waals surface area contributed by atoms with Crippen LogP contribution in [0, 0.1) is 5.92 Å². The summed E-state index contributed by atoms with van der Waals surface area (Å²) >= 11 is 0. The smallest absolute Gasteiger partial charge is 0.0314 e. The predicted molar refractivity (Wildman–Crippen MR) is 28.6 cm³/mol. The van der Waals surface area contributed by atoms with Crippen molar-refractivity contribution in [3.8, 4) is 0 Å². The van der Waals surface area contributed by atoms with Gasteiger partial charge in [0.1, 0.15) is 0 Å². The Labute approximate surface area is 43.0 Å². The lowest BCUT2D eigenvalue weighted by atomic mass is 10.2. The largest absolute Gasteiger partial charge is 0.0934 e. The van der Waals surface area contributed by atoms with Crippen LogP contribution in [0.2, 0.25) is 0 Å². The highest BCUT2D eigenvalue weighted by molar-refractivity contribution is 4.79. The van der Waals surface area contributed by atoms with Crippen LogP contribution in [-0.4, -0.2) is 6.54 Å². The normalized spacial score (nSPS) is 8.43. The molecule has 0 saturated heterocycles. The minimum absolute atomic E-state index is 0.524. The molecule has 0 aromatic heterocycles. The van der Waals surface area contributed by atoms with Crippen molar-refractivity contribution in [3.63, 3.8) is 0 Å². The van der Waals surface area contributed by atoms with Gasteiger partial charge >= 0.3 is 0 Å². The molecule has 0 atom stereocenters. The van der Waals surface area contributed by atoms with E-state index < -0.39 is 0 Å². The van der Waals surface area contributed by atoms with Crippen LogP contribution in [0.4, 0.5) is 0 Å². The summed E-state index contributed by atoms with van der Waals surface area (Å²) in [5.74, 6) is 1.14. The van der Waals surface area contributed by atoms with Crippen molar-refractivity contribution in [1.29, 1.82) is 0 Å². The predicted octanol–water partition coefficient (Wildman–Crippen LogP) is 1.91. The van der Waals surface area contributed by atoms with Crippen molar-refractivity contribution in [2.24, 2.45) is 5.11 Å².